The monoisotopic (exact) mass is 261 g/mol. The molecule has 4 nitrogen and oxygen atoms in total. The first kappa shape index (κ1) is 15.0. The summed E-state index contributed by atoms with van der Waals surface area (Å²) in [5.74, 6) is -0.583. The second-order valence-corrected chi connectivity index (χ2v) is 3.98. The van der Waals surface area contributed by atoms with Gasteiger partial charge >= 0.3 is 5.97 Å². The number of nitrogens with zero attached hydrogens (tertiary/aromatic N) is 1. The van der Waals surface area contributed by atoms with E-state index in [9.17, 15) is 9.59 Å². The Morgan fingerprint density at radius 3 is 2.63 bits per heavy atom. The molecule has 4 heteroatoms. The molecule has 0 saturated carbocycles. The minimum absolute atomic E-state index is 0.0608. The van der Waals surface area contributed by atoms with E-state index in [0.29, 0.717) is 5.22 Å². The number of aromatic nitrogens is 1. The van der Waals surface area contributed by atoms with Crippen molar-refractivity contribution in [2.75, 3.05) is 6.61 Å². The van der Waals surface area contributed by atoms with E-state index in [2.05, 4.69) is 0 Å². The molecule has 0 amide bonds. The van der Waals surface area contributed by atoms with Crippen LogP contribution in [0.15, 0.2) is 23.1 Å². The largest absolute Gasteiger partial charge is 0.462 e. The van der Waals surface area contributed by atoms with Gasteiger partial charge in [-0.05, 0) is 26.8 Å². The number of hydrogen-bond acceptors (Lipinski definition) is 3. The first-order chi connectivity index (χ1) is 9.06. The molecule has 0 bridgehead atoms. The molecule has 0 atom stereocenters. The van der Waals surface area contributed by atoms with Gasteiger partial charge in [0.25, 0.3) is 0 Å². The molecule has 0 spiro atoms. The molecule has 0 aliphatic heterocycles. The maximum Gasteiger partial charge on any atom is 0.343 e. The van der Waals surface area contributed by atoms with Crippen LogP contribution in [0, 0.1) is 0 Å². The normalized spacial score (nSPS) is 13.3. The van der Waals surface area contributed by atoms with Gasteiger partial charge < -0.3 is 9.30 Å². The maximum absolute atomic E-state index is 12.3. The van der Waals surface area contributed by atoms with Gasteiger partial charge in [0.05, 0.1) is 6.61 Å². The summed E-state index contributed by atoms with van der Waals surface area (Å²) in [6.07, 6.45) is 8.67. The lowest BCUT2D eigenvalue weighted by Gasteiger charge is -2.05. The fourth-order valence-corrected chi connectivity index (χ4v) is 1.84. The molecule has 0 aliphatic carbocycles. The van der Waals surface area contributed by atoms with Crippen molar-refractivity contribution >= 4 is 18.1 Å². The summed E-state index contributed by atoms with van der Waals surface area (Å²) in [5.41, 5.74) is -0.242. The molecule has 0 fully saturated rings. The number of aryl methyl sites for hydroxylation is 1. The van der Waals surface area contributed by atoms with Gasteiger partial charge in [-0.3, -0.25) is 4.79 Å². The molecule has 1 heterocycles. The average Bonchev–Trinajstić information content (AvgIpc) is 2.39. The summed E-state index contributed by atoms with van der Waals surface area (Å²) in [4.78, 5) is 24.1. The molecule has 0 saturated heterocycles. The minimum Gasteiger partial charge on any atom is -0.462 e. The summed E-state index contributed by atoms with van der Waals surface area (Å²) >= 11 is 0. The Kier molecular flexibility index (Phi) is 5.30. The molecule has 1 aromatic heterocycles. The number of allylic oxidation sites excluding steroid dienone is 2. The number of esters is 1. The van der Waals surface area contributed by atoms with Crippen LogP contribution in [-0.4, -0.2) is 17.1 Å². The SMILES string of the molecule is C\C=C/C=c1/c(=O)c(C(=O)OCC)cn(C)/c1=C/C. The van der Waals surface area contributed by atoms with Gasteiger partial charge in [-0.1, -0.05) is 18.2 Å². The number of carbonyl (C=O) groups excluding carboxylic acids is 1. The van der Waals surface area contributed by atoms with Gasteiger partial charge in [0.1, 0.15) is 5.56 Å². The summed E-state index contributed by atoms with van der Waals surface area (Å²) in [5, 5.41) is 1.27. The van der Waals surface area contributed by atoms with Crippen molar-refractivity contribution in [2.24, 2.45) is 7.05 Å². The molecule has 0 unspecified atom stereocenters. The molecule has 0 radical (unpaired) electrons. The molecular weight excluding hydrogens is 242 g/mol. The summed E-state index contributed by atoms with van der Waals surface area (Å²) in [7, 11) is 1.80. The van der Waals surface area contributed by atoms with Crippen molar-refractivity contribution in [3.05, 3.63) is 44.7 Å². The second-order valence-electron chi connectivity index (χ2n) is 3.98. The zero-order valence-corrected chi connectivity index (χ0v) is 11.8. The molecule has 102 valence electrons. The Bertz CT molecular complexity index is 666. The van der Waals surface area contributed by atoms with Crippen LogP contribution in [-0.2, 0) is 11.8 Å². The van der Waals surface area contributed by atoms with E-state index >= 15 is 0 Å². The van der Waals surface area contributed by atoms with Crippen molar-refractivity contribution in [3.8, 4) is 0 Å². The van der Waals surface area contributed by atoms with Crippen LogP contribution in [0.3, 0.4) is 0 Å². The van der Waals surface area contributed by atoms with Crippen LogP contribution >= 0.6 is 0 Å². The predicted molar refractivity (Wildman–Crippen MR) is 76.3 cm³/mol. The second kappa shape index (κ2) is 6.73. The smallest absolute Gasteiger partial charge is 0.343 e. The Morgan fingerprint density at radius 2 is 2.11 bits per heavy atom. The summed E-state index contributed by atoms with van der Waals surface area (Å²) in [6.45, 7) is 5.68. The molecule has 0 aliphatic rings. The van der Waals surface area contributed by atoms with Gasteiger partial charge in [0, 0.05) is 23.8 Å². The van der Waals surface area contributed by atoms with Gasteiger partial charge in [0.2, 0.25) is 5.43 Å². The molecule has 0 N–H and O–H groups in total. The van der Waals surface area contributed by atoms with Crippen LogP contribution in [0.4, 0.5) is 0 Å². The lowest BCUT2D eigenvalue weighted by molar-refractivity contribution is 0.0523. The zero-order valence-electron chi connectivity index (χ0n) is 11.8. The fraction of sp³-hybridized carbons (Fsp3) is 0.333. The zero-order chi connectivity index (χ0) is 14.4. The third kappa shape index (κ3) is 3.22. The standard InChI is InChI=1S/C15H19NO3/c1-5-8-9-11-13(6-2)16(4)10-12(14(11)17)15(18)19-7-3/h5-6,8-10H,7H2,1-4H3/b8-5-,11-9+,13-6+. The van der Waals surface area contributed by atoms with Gasteiger partial charge in [0.15, 0.2) is 0 Å². The van der Waals surface area contributed by atoms with Gasteiger partial charge in [-0.25, -0.2) is 4.79 Å². The Labute approximate surface area is 112 Å². The van der Waals surface area contributed by atoms with E-state index in [1.54, 1.807) is 30.7 Å². The van der Waals surface area contributed by atoms with Crippen molar-refractivity contribution in [3.63, 3.8) is 0 Å². The first-order valence-electron chi connectivity index (χ1n) is 6.22. The highest BCUT2D eigenvalue weighted by Gasteiger charge is 2.13. The topological polar surface area (TPSA) is 48.3 Å². The number of pyridine rings is 1. The number of rotatable bonds is 3. The van der Waals surface area contributed by atoms with Crippen molar-refractivity contribution in [1.82, 2.24) is 4.57 Å². The minimum atomic E-state index is -0.583. The summed E-state index contributed by atoms with van der Waals surface area (Å²) < 4.78 is 6.66. The fourth-order valence-electron chi connectivity index (χ4n) is 1.84. The molecular formula is C15H19NO3. The van der Waals surface area contributed by atoms with Crippen molar-refractivity contribution < 1.29 is 9.53 Å². The van der Waals surface area contributed by atoms with Crippen LogP contribution in [0.2, 0.25) is 0 Å². The van der Waals surface area contributed by atoms with E-state index in [1.807, 2.05) is 26.0 Å². The van der Waals surface area contributed by atoms with Gasteiger partial charge in [-0.2, -0.15) is 0 Å². The van der Waals surface area contributed by atoms with E-state index in [4.69, 9.17) is 4.74 Å². The molecule has 0 aromatic carbocycles. The summed E-state index contributed by atoms with van der Waals surface area (Å²) in [6, 6.07) is 0. The lowest BCUT2D eigenvalue weighted by atomic mass is 10.2. The third-order valence-corrected chi connectivity index (χ3v) is 2.69. The average molecular weight is 261 g/mol. The van der Waals surface area contributed by atoms with Crippen molar-refractivity contribution in [2.45, 2.75) is 20.8 Å². The number of carbonyl (C=O) groups is 1. The van der Waals surface area contributed by atoms with Crippen LogP contribution in [0.25, 0.3) is 12.2 Å². The van der Waals surface area contributed by atoms with Gasteiger partial charge in [-0.15, -0.1) is 0 Å². The molecule has 1 aromatic rings. The first-order valence-corrected chi connectivity index (χ1v) is 6.22. The Balaban J connectivity index is 3.71. The van der Waals surface area contributed by atoms with E-state index in [-0.39, 0.29) is 17.6 Å². The maximum atomic E-state index is 12.3. The van der Waals surface area contributed by atoms with E-state index < -0.39 is 5.97 Å². The van der Waals surface area contributed by atoms with Crippen LogP contribution in [0.1, 0.15) is 31.1 Å². The number of ether oxygens (including phenoxy) is 1. The highest BCUT2D eigenvalue weighted by molar-refractivity contribution is 5.89. The highest BCUT2D eigenvalue weighted by atomic mass is 16.5. The highest BCUT2D eigenvalue weighted by Crippen LogP contribution is 1.91. The molecule has 1 rings (SSSR count). The van der Waals surface area contributed by atoms with Crippen molar-refractivity contribution in [1.29, 1.82) is 0 Å². The van der Waals surface area contributed by atoms with Crippen LogP contribution < -0.4 is 16.0 Å². The van der Waals surface area contributed by atoms with Crippen LogP contribution in [0.5, 0.6) is 0 Å². The lowest BCUT2D eigenvalue weighted by Crippen LogP contribution is -2.46. The van der Waals surface area contributed by atoms with E-state index in [0.717, 1.165) is 5.35 Å². The third-order valence-electron chi connectivity index (χ3n) is 2.69. The predicted octanol–water partition coefficient (Wildman–Crippen LogP) is 0.719. The number of hydrogen-bond donors (Lipinski definition) is 0. The molecule has 19 heavy (non-hydrogen) atoms. The Hall–Kier alpha value is -2.10. The quantitative estimate of drug-likeness (QED) is 0.753. The Morgan fingerprint density at radius 1 is 1.42 bits per heavy atom. The van der Waals surface area contributed by atoms with E-state index in [1.165, 1.54) is 6.20 Å².